The number of halogens is 1. The molecule has 4 nitrogen and oxygen atoms in total. The van der Waals surface area contributed by atoms with Crippen LogP contribution in [-0.4, -0.2) is 23.0 Å². The van der Waals surface area contributed by atoms with Crippen molar-refractivity contribution < 1.29 is 14.6 Å². The molecule has 1 N–H and O–H groups in total. The molecule has 0 fully saturated rings. The molecule has 1 aromatic heterocycles. The monoisotopic (exact) mass is 365 g/mol. The molecule has 3 aromatic rings. The van der Waals surface area contributed by atoms with E-state index in [0.29, 0.717) is 5.02 Å². The normalized spacial score (nSPS) is 10.4. The van der Waals surface area contributed by atoms with Gasteiger partial charge >= 0.3 is 12.9 Å². The number of aromatic nitrogens is 1. The van der Waals surface area contributed by atoms with Crippen LogP contribution in [0.5, 0.6) is 5.75 Å². The van der Waals surface area contributed by atoms with Crippen molar-refractivity contribution in [3.8, 4) is 5.75 Å². The second kappa shape index (κ2) is 7.62. The fourth-order valence-electron chi connectivity index (χ4n) is 2.56. The van der Waals surface area contributed by atoms with Crippen molar-refractivity contribution in [1.82, 2.24) is 4.98 Å². The minimum atomic E-state index is -0.703. The molecule has 0 aliphatic heterocycles. The Labute approximate surface area is 157 Å². The largest absolute Gasteiger partial charge is 0.521 e. The van der Waals surface area contributed by atoms with Crippen molar-refractivity contribution in [3.05, 3.63) is 82.6 Å². The van der Waals surface area contributed by atoms with Crippen LogP contribution in [0.2, 0.25) is 5.02 Å². The third kappa shape index (κ3) is 3.89. The van der Waals surface area contributed by atoms with Gasteiger partial charge in [0, 0.05) is 11.2 Å². The van der Waals surface area contributed by atoms with Crippen LogP contribution in [0.25, 0.3) is 0 Å². The molecule has 2 aromatic carbocycles. The SMILES string of the molecule is Cc1ccc(B(OC(=O)c2ncccc2O)c2ccc(C)c(Cl)c2)cc1. The number of rotatable bonds is 4. The van der Waals surface area contributed by atoms with Crippen LogP contribution in [0, 0.1) is 13.8 Å². The first kappa shape index (κ1) is 18.0. The third-order valence-electron chi connectivity index (χ3n) is 4.08. The lowest BCUT2D eigenvalue weighted by Gasteiger charge is -2.16. The average molecular weight is 366 g/mol. The molecule has 26 heavy (non-hydrogen) atoms. The number of hydrogen-bond acceptors (Lipinski definition) is 4. The Bertz CT molecular complexity index is 944. The van der Waals surface area contributed by atoms with Gasteiger partial charge in [-0.1, -0.05) is 53.6 Å². The Morgan fingerprint density at radius 3 is 2.42 bits per heavy atom. The van der Waals surface area contributed by atoms with Gasteiger partial charge in [0.25, 0.3) is 0 Å². The summed E-state index contributed by atoms with van der Waals surface area (Å²) >= 11 is 6.26. The zero-order valence-corrected chi connectivity index (χ0v) is 15.2. The van der Waals surface area contributed by atoms with Crippen LogP contribution in [0.15, 0.2) is 60.8 Å². The summed E-state index contributed by atoms with van der Waals surface area (Å²) in [6.07, 6.45) is 1.43. The zero-order chi connectivity index (χ0) is 18.7. The van der Waals surface area contributed by atoms with Gasteiger partial charge in [-0.2, -0.15) is 0 Å². The maximum Gasteiger partial charge on any atom is 0.429 e. The molecule has 3 rings (SSSR count). The van der Waals surface area contributed by atoms with Crippen molar-refractivity contribution >= 4 is 35.4 Å². The lowest BCUT2D eigenvalue weighted by atomic mass is 9.55. The molecule has 0 saturated carbocycles. The Balaban J connectivity index is 2.00. The first-order chi connectivity index (χ1) is 12.5. The van der Waals surface area contributed by atoms with E-state index in [2.05, 4.69) is 4.98 Å². The van der Waals surface area contributed by atoms with Crippen LogP contribution in [0.1, 0.15) is 21.6 Å². The summed E-state index contributed by atoms with van der Waals surface area (Å²) in [6.45, 7) is 3.23. The van der Waals surface area contributed by atoms with Gasteiger partial charge in [0.1, 0.15) is 5.75 Å². The van der Waals surface area contributed by atoms with Crippen LogP contribution < -0.4 is 10.9 Å². The molecule has 130 valence electrons. The predicted octanol–water partition coefficient (Wildman–Crippen LogP) is 3.02. The zero-order valence-electron chi connectivity index (χ0n) is 14.4. The number of aryl methyl sites for hydroxylation is 2. The number of hydrogen-bond donors (Lipinski definition) is 1. The lowest BCUT2D eigenvalue weighted by molar-refractivity contribution is 0.0729. The van der Waals surface area contributed by atoms with E-state index >= 15 is 0 Å². The smallest absolute Gasteiger partial charge is 0.429 e. The summed E-state index contributed by atoms with van der Waals surface area (Å²) in [4.78, 5) is 16.5. The van der Waals surface area contributed by atoms with Gasteiger partial charge in [-0.25, -0.2) is 9.78 Å². The Hall–Kier alpha value is -2.79. The molecular weight excluding hydrogens is 348 g/mol. The van der Waals surface area contributed by atoms with Crippen molar-refractivity contribution in [2.45, 2.75) is 13.8 Å². The summed E-state index contributed by atoms with van der Waals surface area (Å²) in [5, 5.41) is 10.5. The molecule has 0 atom stereocenters. The van der Waals surface area contributed by atoms with Gasteiger partial charge in [-0.3, -0.25) is 0 Å². The molecule has 0 unspecified atom stereocenters. The van der Waals surface area contributed by atoms with Crippen LogP contribution in [0.4, 0.5) is 0 Å². The van der Waals surface area contributed by atoms with Gasteiger partial charge in [-0.15, -0.1) is 0 Å². The number of benzene rings is 2. The minimum absolute atomic E-state index is 0.122. The van der Waals surface area contributed by atoms with E-state index in [1.807, 2.05) is 50.2 Å². The molecule has 0 aliphatic carbocycles. The summed E-state index contributed by atoms with van der Waals surface area (Å²) in [7, 11) is 0. The molecule has 0 saturated heterocycles. The second-order valence-corrected chi connectivity index (χ2v) is 6.48. The van der Waals surface area contributed by atoms with Gasteiger partial charge in [0.05, 0.1) is 0 Å². The Kier molecular flexibility index (Phi) is 5.28. The third-order valence-corrected chi connectivity index (χ3v) is 4.49. The summed E-state index contributed by atoms with van der Waals surface area (Å²) in [5.41, 5.74) is 3.46. The molecular formula is C20H17BClNO3. The maximum atomic E-state index is 12.6. The topological polar surface area (TPSA) is 59.4 Å². The molecule has 6 heteroatoms. The van der Waals surface area contributed by atoms with E-state index in [9.17, 15) is 9.90 Å². The predicted molar refractivity (Wildman–Crippen MR) is 104 cm³/mol. The van der Waals surface area contributed by atoms with Crippen LogP contribution >= 0.6 is 11.6 Å². The van der Waals surface area contributed by atoms with Gasteiger partial charge in [-0.05, 0) is 48.5 Å². The molecule has 0 spiro atoms. The highest BCUT2D eigenvalue weighted by molar-refractivity contribution is 6.81. The number of aromatic hydroxyl groups is 1. The van der Waals surface area contributed by atoms with Crippen LogP contribution in [-0.2, 0) is 4.65 Å². The summed E-state index contributed by atoms with van der Waals surface area (Å²) in [6, 6.07) is 16.2. The standard InChI is InChI=1S/C20H17BClNO3/c1-13-5-8-15(9-6-13)21(16-10-7-14(2)17(22)12-16)26-20(25)19-18(24)4-3-11-23-19/h3-12,24H,1-2H3. The van der Waals surface area contributed by atoms with E-state index < -0.39 is 12.9 Å². The van der Waals surface area contributed by atoms with Crippen molar-refractivity contribution in [3.63, 3.8) is 0 Å². The molecule has 0 radical (unpaired) electrons. The Morgan fingerprint density at radius 1 is 1.08 bits per heavy atom. The minimum Gasteiger partial charge on any atom is -0.521 e. The number of pyridine rings is 1. The maximum absolute atomic E-state index is 12.6. The van der Waals surface area contributed by atoms with E-state index in [0.717, 1.165) is 22.1 Å². The highest BCUT2D eigenvalue weighted by Gasteiger charge is 2.28. The van der Waals surface area contributed by atoms with E-state index in [4.69, 9.17) is 16.3 Å². The average Bonchev–Trinajstić information content (AvgIpc) is 2.63. The highest BCUT2D eigenvalue weighted by atomic mass is 35.5. The van der Waals surface area contributed by atoms with Crippen molar-refractivity contribution in [1.29, 1.82) is 0 Å². The molecule has 0 amide bonds. The van der Waals surface area contributed by atoms with E-state index in [1.54, 1.807) is 12.1 Å². The van der Waals surface area contributed by atoms with E-state index in [-0.39, 0.29) is 11.4 Å². The van der Waals surface area contributed by atoms with Crippen molar-refractivity contribution in [2.24, 2.45) is 0 Å². The fraction of sp³-hybridized carbons (Fsp3) is 0.100. The summed E-state index contributed by atoms with van der Waals surface area (Å²) in [5.74, 6) is -0.924. The first-order valence-corrected chi connectivity index (χ1v) is 8.51. The molecule has 1 heterocycles. The van der Waals surface area contributed by atoms with Crippen molar-refractivity contribution in [2.75, 3.05) is 0 Å². The van der Waals surface area contributed by atoms with Crippen LogP contribution in [0.3, 0.4) is 0 Å². The van der Waals surface area contributed by atoms with Gasteiger partial charge < -0.3 is 9.76 Å². The Morgan fingerprint density at radius 2 is 1.77 bits per heavy atom. The van der Waals surface area contributed by atoms with Gasteiger partial charge in [0.2, 0.25) is 0 Å². The number of nitrogens with zero attached hydrogens (tertiary/aromatic N) is 1. The number of carbonyl (C=O) groups is 1. The first-order valence-electron chi connectivity index (χ1n) is 8.13. The highest BCUT2D eigenvalue weighted by Crippen LogP contribution is 2.16. The summed E-state index contributed by atoms with van der Waals surface area (Å²) < 4.78 is 5.70. The second-order valence-electron chi connectivity index (χ2n) is 6.08. The number of carbonyl (C=O) groups excluding carboxylic acids is 1. The van der Waals surface area contributed by atoms with Gasteiger partial charge in [0.15, 0.2) is 5.69 Å². The fourth-order valence-corrected chi connectivity index (χ4v) is 2.75. The quantitative estimate of drug-likeness (QED) is 0.722. The lowest BCUT2D eigenvalue weighted by Crippen LogP contribution is -2.46. The molecule has 0 aliphatic rings. The molecule has 0 bridgehead atoms. The van der Waals surface area contributed by atoms with E-state index in [1.165, 1.54) is 12.3 Å².